The molecule has 0 aliphatic heterocycles. The molecule has 1 rings (SSSR count). The molecule has 0 radical (unpaired) electrons. The second-order valence-electron chi connectivity index (χ2n) is 4.08. The maximum absolute atomic E-state index is 8.79. The molecule has 0 fully saturated rings. The third kappa shape index (κ3) is 4.86. The first-order valence-corrected chi connectivity index (χ1v) is 7.33. The van der Waals surface area contributed by atoms with Crippen LogP contribution in [0.4, 0.5) is 5.69 Å². The number of hydrogen-bond donors (Lipinski definition) is 0. The Kier molecular flexibility index (Phi) is 7.46. The molecule has 0 N–H and O–H groups in total. The standard InChI is InChI=1S/C15H15Cl2N3O/c1-21-15-9-12(8-13(10-18)11-19)2-3-14(15)20(6-4-16)7-5-17/h2-3,8-9H,4-7H2,1H3. The second kappa shape index (κ2) is 9.13. The Morgan fingerprint density at radius 1 is 1.24 bits per heavy atom. The summed E-state index contributed by atoms with van der Waals surface area (Å²) in [5, 5.41) is 17.6. The summed E-state index contributed by atoms with van der Waals surface area (Å²) in [6.45, 7) is 1.31. The van der Waals surface area contributed by atoms with Crippen molar-refractivity contribution in [2.45, 2.75) is 0 Å². The predicted octanol–water partition coefficient (Wildman–Crippen LogP) is 3.41. The fraction of sp³-hybridized carbons (Fsp3) is 0.333. The number of hydrogen-bond acceptors (Lipinski definition) is 4. The van der Waals surface area contributed by atoms with Crippen molar-refractivity contribution in [2.75, 3.05) is 36.9 Å². The van der Waals surface area contributed by atoms with Gasteiger partial charge in [0.1, 0.15) is 23.5 Å². The lowest BCUT2D eigenvalue weighted by Gasteiger charge is -2.25. The van der Waals surface area contributed by atoms with E-state index in [1.54, 1.807) is 13.2 Å². The number of nitrogens with zero attached hydrogens (tertiary/aromatic N) is 3. The molecule has 0 spiro atoms. The molecule has 1 aromatic rings. The first kappa shape index (κ1) is 17.2. The van der Waals surface area contributed by atoms with Crippen molar-refractivity contribution < 1.29 is 4.74 Å². The number of benzene rings is 1. The molecule has 0 saturated heterocycles. The first-order valence-electron chi connectivity index (χ1n) is 6.27. The molecule has 0 atom stereocenters. The highest BCUT2D eigenvalue weighted by Crippen LogP contribution is 2.30. The fourth-order valence-electron chi connectivity index (χ4n) is 1.86. The third-order valence-corrected chi connectivity index (χ3v) is 3.14. The van der Waals surface area contributed by atoms with Gasteiger partial charge in [-0.05, 0) is 23.8 Å². The van der Waals surface area contributed by atoms with E-state index in [4.69, 9.17) is 38.5 Å². The molecule has 0 unspecified atom stereocenters. The second-order valence-corrected chi connectivity index (χ2v) is 4.83. The van der Waals surface area contributed by atoms with Crippen LogP contribution in [-0.4, -0.2) is 32.0 Å². The highest BCUT2D eigenvalue weighted by Gasteiger charge is 2.12. The Morgan fingerprint density at radius 3 is 2.33 bits per heavy atom. The van der Waals surface area contributed by atoms with Crippen molar-refractivity contribution in [3.05, 3.63) is 29.3 Å². The van der Waals surface area contributed by atoms with Gasteiger partial charge in [-0.25, -0.2) is 0 Å². The first-order chi connectivity index (χ1) is 10.2. The number of nitriles is 2. The molecule has 1 aromatic carbocycles. The van der Waals surface area contributed by atoms with E-state index in [2.05, 4.69) is 0 Å². The van der Waals surface area contributed by atoms with Crippen molar-refractivity contribution >= 4 is 35.0 Å². The van der Waals surface area contributed by atoms with Gasteiger partial charge in [0.2, 0.25) is 0 Å². The zero-order valence-electron chi connectivity index (χ0n) is 11.6. The molecule has 0 aromatic heterocycles. The van der Waals surface area contributed by atoms with E-state index in [0.29, 0.717) is 30.6 Å². The van der Waals surface area contributed by atoms with E-state index < -0.39 is 0 Å². The summed E-state index contributed by atoms with van der Waals surface area (Å²) in [5.41, 5.74) is 1.65. The monoisotopic (exact) mass is 323 g/mol. The van der Waals surface area contributed by atoms with Crippen LogP contribution in [0.1, 0.15) is 5.56 Å². The molecule has 0 aliphatic rings. The molecule has 6 heteroatoms. The molecule has 4 nitrogen and oxygen atoms in total. The number of anilines is 1. The van der Waals surface area contributed by atoms with Crippen LogP contribution in [0.3, 0.4) is 0 Å². The highest BCUT2D eigenvalue weighted by atomic mass is 35.5. The summed E-state index contributed by atoms with van der Waals surface area (Å²) in [6, 6.07) is 9.13. The van der Waals surface area contributed by atoms with E-state index in [-0.39, 0.29) is 5.57 Å². The molecule has 0 amide bonds. The number of rotatable bonds is 7. The maximum atomic E-state index is 8.79. The van der Waals surface area contributed by atoms with Crippen LogP contribution in [0.2, 0.25) is 0 Å². The quantitative estimate of drug-likeness (QED) is 0.570. The Morgan fingerprint density at radius 2 is 1.86 bits per heavy atom. The van der Waals surface area contributed by atoms with E-state index in [0.717, 1.165) is 11.3 Å². The SMILES string of the molecule is COc1cc(C=C(C#N)C#N)ccc1N(CCCl)CCCl. The van der Waals surface area contributed by atoms with Crippen LogP contribution in [0.5, 0.6) is 5.75 Å². The van der Waals surface area contributed by atoms with E-state index in [1.807, 2.05) is 29.2 Å². The molecule has 110 valence electrons. The number of ether oxygens (including phenoxy) is 1. The Hall–Kier alpha value is -1.88. The van der Waals surface area contributed by atoms with E-state index in [1.165, 1.54) is 6.08 Å². The number of alkyl halides is 2. The van der Waals surface area contributed by atoms with Crippen molar-refractivity contribution in [3.8, 4) is 17.9 Å². The summed E-state index contributed by atoms with van der Waals surface area (Å²) >= 11 is 11.6. The minimum absolute atomic E-state index is 0.0446. The number of methoxy groups -OCH3 is 1. The predicted molar refractivity (Wildman–Crippen MR) is 85.9 cm³/mol. The minimum Gasteiger partial charge on any atom is -0.495 e. The van der Waals surface area contributed by atoms with Gasteiger partial charge in [-0.3, -0.25) is 0 Å². The summed E-state index contributed by atoms with van der Waals surface area (Å²) in [6.07, 6.45) is 1.51. The lowest BCUT2D eigenvalue weighted by atomic mass is 10.1. The Labute approximate surface area is 134 Å². The van der Waals surface area contributed by atoms with Crippen LogP contribution in [0, 0.1) is 22.7 Å². The highest BCUT2D eigenvalue weighted by molar-refractivity contribution is 6.18. The summed E-state index contributed by atoms with van der Waals surface area (Å²) in [4.78, 5) is 2.03. The molecule has 0 bridgehead atoms. The van der Waals surface area contributed by atoms with Gasteiger partial charge in [-0.2, -0.15) is 10.5 Å². The topological polar surface area (TPSA) is 60.0 Å². The van der Waals surface area contributed by atoms with Gasteiger partial charge in [-0.1, -0.05) is 6.07 Å². The van der Waals surface area contributed by atoms with Gasteiger partial charge in [-0.15, -0.1) is 23.2 Å². The lowest BCUT2D eigenvalue weighted by molar-refractivity contribution is 0.414. The van der Waals surface area contributed by atoms with E-state index in [9.17, 15) is 0 Å². The van der Waals surface area contributed by atoms with E-state index >= 15 is 0 Å². The van der Waals surface area contributed by atoms with Crippen molar-refractivity contribution in [1.82, 2.24) is 0 Å². The Balaban J connectivity index is 3.17. The van der Waals surface area contributed by atoms with Crippen molar-refractivity contribution in [2.24, 2.45) is 0 Å². The minimum atomic E-state index is 0.0446. The molecule has 21 heavy (non-hydrogen) atoms. The van der Waals surface area contributed by atoms with Crippen LogP contribution >= 0.6 is 23.2 Å². The molecule has 0 aliphatic carbocycles. The van der Waals surface area contributed by atoms with Crippen molar-refractivity contribution in [3.63, 3.8) is 0 Å². The zero-order chi connectivity index (χ0) is 15.7. The summed E-state index contributed by atoms with van der Waals surface area (Å²) < 4.78 is 5.39. The van der Waals surface area contributed by atoms with Gasteiger partial charge >= 0.3 is 0 Å². The normalized spacial score (nSPS) is 9.38. The summed E-state index contributed by atoms with van der Waals surface area (Å²) in [5.74, 6) is 1.61. The number of allylic oxidation sites excluding steroid dienone is 1. The van der Waals surface area contributed by atoms with Crippen molar-refractivity contribution in [1.29, 1.82) is 10.5 Å². The van der Waals surface area contributed by atoms with Gasteiger partial charge in [0, 0.05) is 24.8 Å². The van der Waals surface area contributed by atoms with Gasteiger partial charge in [0.25, 0.3) is 0 Å². The number of halogens is 2. The molecular weight excluding hydrogens is 309 g/mol. The molecular formula is C15H15Cl2N3O. The van der Waals surface area contributed by atoms with Crippen LogP contribution in [0.15, 0.2) is 23.8 Å². The average Bonchev–Trinajstić information content (AvgIpc) is 2.52. The van der Waals surface area contributed by atoms with Crippen LogP contribution in [0.25, 0.3) is 6.08 Å². The summed E-state index contributed by atoms with van der Waals surface area (Å²) in [7, 11) is 1.57. The smallest absolute Gasteiger partial charge is 0.142 e. The van der Waals surface area contributed by atoms with Gasteiger partial charge in [0.05, 0.1) is 12.8 Å². The van der Waals surface area contributed by atoms with Crippen LogP contribution < -0.4 is 9.64 Å². The van der Waals surface area contributed by atoms with Gasteiger partial charge in [0.15, 0.2) is 0 Å². The Bertz CT molecular complexity index is 566. The largest absolute Gasteiger partial charge is 0.495 e. The van der Waals surface area contributed by atoms with Crippen LogP contribution in [-0.2, 0) is 0 Å². The fourth-order valence-corrected chi connectivity index (χ4v) is 2.27. The molecule has 0 heterocycles. The molecule has 0 saturated carbocycles. The van der Waals surface area contributed by atoms with Gasteiger partial charge < -0.3 is 9.64 Å². The maximum Gasteiger partial charge on any atom is 0.142 e. The average molecular weight is 324 g/mol. The zero-order valence-corrected chi connectivity index (χ0v) is 13.2. The third-order valence-electron chi connectivity index (χ3n) is 2.81. The lowest BCUT2D eigenvalue weighted by Crippen LogP contribution is -2.28.